The number of nitrogens with zero attached hydrogens (tertiary/aromatic N) is 1. The molecule has 1 heterocycles. The maximum absolute atomic E-state index is 13.7. The fourth-order valence-electron chi connectivity index (χ4n) is 2.18. The maximum atomic E-state index is 13.7. The molecule has 1 aliphatic heterocycles. The predicted molar refractivity (Wildman–Crippen MR) is 84.4 cm³/mol. The molecule has 0 bridgehead atoms. The van der Waals surface area contributed by atoms with E-state index < -0.39 is 5.97 Å². The smallest absolute Gasteiger partial charge is 0.367 e. The lowest BCUT2D eigenvalue weighted by molar-refractivity contribution is -0.136. The number of rotatable bonds is 4. The van der Waals surface area contributed by atoms with Crippen molar-refractivity contribution in [1.82, 2.24) is 0 Å². The molecule has 0 atom stereocenters. The van der Waals surface area contributed by atoms with Crippen LogP contribution in [0.5, 0.6) is 5.75 Å². The Morgan fingerprint density at radius 1 is 1.17 bits per heavy atom. The van der Waals surface area contributed by atoms with E-state index >= 15 is 0 Å². The van der Waals surface area contributed by atoms with Gasteiger partial charge < -0.3 is 9.57 Å². The first kappa shape index (κ1) is 15.0. The first-order chi connectivity index (χ1) is 11.1. The van der Waals surface area contributed by atoms with Crippen LogP contribution in [0.2, 0.25) is 0 Å². The highest BCUT2D eigenvalue weighted by Gasteiger charge is 2.22. The minimum absolute atomic E-state index is 0.102. The predicted octanol–water partition coefficient (Wildman–Crippen LogP) is 3.72. The third-order valence-electron chi connectivity index (χ3n) is 3.44. The highest BCUT2D eigenvalue weighted by molar-refractivity contribution is 6.24. The molecule has 0 aromatic heterocycles. The fourth-order valence-corrected chi connectivity index (χ4v) is 2.18. The minimum atomic E-state index is -0.494. The van der Waals surface area contributed by atoms with Crippen molar-refractivity contribution in [1.29, 1.82) is 0 Å². The molecule has 0 N–H and O–H groups in total. The third kappa shape index (κ3) is 3.29. The van der Waals surface area contributed by atoms with Crippen LogP contribution in [0.1, 0.15) is 18.1 Å². The van der Waals surface area contributed by atoms with Gasteiger partial charge in [0.15, 0.2) is 0 Å². The molecule has 23 heavy (non-hydrogen) atoms. The van der Waals surface area contributed by atoms with E-state index in [1.807, 2.05) is 18.2 Å². The van der Waals surface area contributed by atoms with Crippen molar-refractivity contribution in [2.45, 2.75) is 13.5 Å². The Morgan fingerprint density at radius 2 is 1.91 bits per heavy atom. The molecule has 3 rings (SSSR count). The van der Waals surface area contributed by atoms with Crippen LogP contribution in [-0.2, 0) is 16.2 Å². The number of benzene rings is 2. The van der Waals surface area contributed by atoms with Crippen LogP contribution in [0.4, 0.5) is 4.39 Å². The van der Waals surface area contributed by atoms with Gasteiger partial charge in [-0.25, -0.2) is 9.18 Å². The molecular weight excluding hydrogens is 297 g/mol. The monoisotopic (exact) mass is 311 g/mol. The van der Waals surface area contributed by atoms with Crippen LogP contribution in [0.15, 0.2) is 59.3 Å². The van der Waals surface area contributed by atoms with Crippen LogP contribution >= 0.6 is 0 Å². The normalized spacial score (nSPS) is 15.5. The molecule has 5 heteroatoms. The summed E-state index contributed by atoms with van der Waals surface area (Å²) in [5, 5.41) is 3.64. The second kappa shape index (κ2) is 6.44. The zero-order valence-corrected chi connectivity index (χ0v) is 12.5. The van der Waals surface area contributed by atoms with Gasteiger partial charge in [-0.15, -0.1) is 0 Å². The lowest BCUT2D eigenvalue weighted by Gasteiger charge is -2.10. The molecular formula is C18H14FNO3. The molecule has 4 nitrogen and oxygen atoms in total. The Labute approximate surface area is 132 Å². The van der Waals surface area contributed by atoms with Crippen molar-refractivity contribution in [3.05, 3.63) is 71.0 Å². The van der Waals surface area contributed by atoms with Gasteiger partial charge in [0, 0.05) is 11.1 Å². The van der Waals surface area contributed by atoms with Crippen LogP contribution < -0.4 is 4.74 Å². The van der Waals surface area contributed by atoms with Gasteiger partial charge in [0.25, 0.3) is 0 Å². The highest BCUT2D eigenvalue weighted by atomic mass is 19.1. The molecule has 2 aromatic carbocycles. The Morgan fingerprint density at radius 3 is 2.65 bits per heavy atom. The molecule has 0 radical (unpaired) electrons. The quantitative estimate of drug-likeness (QED) is 0.638. The van der Waals surface area contributed by atoms with E-state index in [1.165, 1.54) is 6.07 Å². The molecule has 1 aliphatic rings. The molecule has 0 spiro atoms. The van der Waals surface area contributed by atoms with Crippen molar-refractivity contribution in [2.24, 2.45) is 5.16 Å². The van der Waals surface area contributed by atoms with E-state index in [1.54, 1.807) is 37.3 Å². The number of halogens is 1. The van der Waals surface area contributed by atoms with Gasteiger partial charge in [-0.3, -0.25) is 0 Å². The van der Waals surface area contributed by atoms with Gasteiger partial charge in [0.2, 0.25) is 0 Å². The summed E-state index contributed by atoms with van der Waals surface area (Å²) in [5.74, 6) is -0.257. The van der Waals surface area contributed by atoms with E-state index in [2.05, 4.69) is 9.99 Å². The maximum Gasteiger partial charge on any atom is 0.367 e. The molecule has 0 aliphatic carbocycles. The van der Waals surface area contributed by atoms with E-state index in [0.29, 0.717) is 28.2 Å². The summed E-state index contributed by atoms with van der Waals surface area (Å²) in [4.78, 5) is 16.3. The molecule has 0 fully saturated rings. The van der Waals surface area contributed by atoms with Crippen LogP contribution in [0.25, 0.3) is 6.08 Å². The Balaban J connectivity index is 1.84. The average Bonchev–Trinajstić information content (AvgIpc) is 2.87. The van der Waals surface area contributed by atoms with Gasteiger partial charge in [-0.05, 0) is 25.1 Å². The number of para-hydroxylation sites is 1. The second-order valence-electron chi connectivity index (χ2n) is 5.03. The van der Waals surface area contributed by atoms with Gasteiger partial charge in [0.1, 0.15) is 18.2 Å². The van der Waals surface area contributed by atoms with E-state index in [9.17, 15) is 9.18 Å². The molecule has 0 amide bonds. The molecule has 0 saturated heterocycles. The topological polar surface area (TPSA) is 47.9 Å². The number of carbonyl (C=O) groups excluding carboxylic acids is 1. The number of carbonyl (C=O) groups is 1. The zero-order valence-electron chi connectivity index (χ0n) is 12.5. The SMILES string of the molecule is CC1=NOC(=O)/C1=C/c1ccccc1OCc1ccccc1F. The standard InChI is InChI=1S/C18H14FNO3/c1-12-15(18(21)23-20-12)10-13-6-3-5-9-17(13)22-11-14-7-2-4-8-16(14)19/h2-10H,11H2,1H3/b15-10+. The lowest BCUT2D eigenvalue weighted by atomic mass is 10.1. The Hall–Kier alpha value is -2.95. The molecule has 0 saturated carbocycles. The number of hydrogen-bond donors (Lipinski definition) is 0. The lowest BCUT2D eigenvalue weighted by Crippen LogP contribution is -2.03. The number of oxime groups is 1. The minimum Gasteiger partial charge on any atom is -0.488 e. The van der Waals surface area contributed by atoms with E-state index in [-0.39, 0.29) is 12.4 Å². The average molecular weight is 311 g/mol. The van der Waals surface area contributed by atoms with Gasteiger partial charge in [-0.2, -0.15) is 0 Å². The van der Waals surface area contributed by atoms with E-state index in [4.69, 9.17) is 4.74 Å². The van der Waals surface area contributed by atoms with Gasteiger partial charge in [0.05, 0.1) is 11.3 Å². The summed E-state index contributed by atoms with van der Waals surface area (Å²) in [5.41, 5.74) is 2.06. The summed E-state index contributed by atoms with van der Waals surface area (Å²) < 4.78 is 19.4. The Kier molecular flexibility index (Phi) is 4.19. The summed E-state index contributed by atoms with van der Waals surface area (Å²) >= 11 is 0. The first-order valence-electron chi connectivity index (χ1n) is 7.08. The van der Waals surface area contributed by atoms with E-state index in [0.717, 1.165) is 0 Å². The second-order valence-corrected chi connectivity index (χ2v) is 5.03. The summed E-state index contributed by atoms with van der Waals surface area (Å²) in [7, 11) is 0. The highest BCUT2D eigenvalue weighted by Crippen LogP contribution is 2.24. The summed E-state index contributed by atoms with van der Waals surface area (Å²) in [6.45, 7) is 1.80. The third-order valence-corrected chi connectivity index (χ3v) is 3.44. The summed E-state index contributed by atoms with van der Waals surface area (Å²) in [6, 6.07) is 13.7. The van der Waals surface area contributed by atoms with Crippen LogP contribution in [-0.4, -0.2) is 11.7 Å². The van der Waals surface area contributed by atoms with Crippen LogP contribution in [0, 0.1) is 5.82 Å². The fraction of sp³-hybridized carbons (Fsp3) is 0.111. The Bertz CT molecular complexity index is 811. The molecule has 0 unspecified atom stereocenters. The molecule has 2 aromatic rings. The molecule has 116 valence electrons. The van der Waals surface area contributed by atoms with Crippen molar-refractivity contribution in [3.8, 4) is 5.75 Å². The first-order valence-corrected chi connectivity index (χ1v) is 7.08. The largest absolute Gasteiger partial charge is 0.488 e. The van der Waals surface area contributed by atoms with Crippen molar-refractivity contribution < 1.29 is 18.8 Å². The number of ether oxygens (including phenoxy) is 1. The number of hydrogen-bond acceptors (Lipinski definition) is 4. The summed E-state index contributed by atoms with van der Waals surface area (Å²) in [6.07, 6.45) is 1.66. The van der Waals surface area contributed by atoms with Gasteiger partial charge >= 0.3 is 5.97 Å². The van der Waals surface area contributed by atoms with Crippen molar-refractivity contribution in [2.75, 3.05) is 0 Å². The van der Waals surface area contributed by atoms with Gasteiger partial charge in [-0.1, -0.05) is 41.6 Å². The zero-order chi connectivity index (χ0) is 16.2. The van der Waals surface area contributed by atoms with Crippen LogP contribution in [0.3, 0.4) is 0 Å². The van der Waals surface area contributed by atoms with Crippen molar-refractivity contribution >= 4 is 17.8 Å². The van der Waals surface area contributed by atoms with Crippen molar-refractivity contribution in [3.63, 3.8) is 0 Å².